The van der Waals surface area contributed by atoms with Crippen molar-refractivity contribution in [2.24, 2.45) is 10.9 Å². The standard InChI is InChI=1S/C22H28N2O2/c1-17(24-26-14-12-18-5-3-2-4-6-18)19-7-9-20(10-8-19)21-11-13-22(23,15-21)16-25/h2-10,21,25H,11-16,23H2,1H3. The van der Waals surface area contributed by atoms with Crippen LogP contribution in [0.25, 0.3) is 0 Å². The Morgan fingerprint density at radius 2 is 1.92 bits per heavy atom. The molecule has 3 rings (SSSR count). The molecule has 3 N–H and O–H groups in total. The topological polar surface area (TPSA) is 67.8 Å². The van der Waals surface area contributed by atoms with Crippen molar-refractivity contribution < 1.29 is 9.94 Å². The Hall–Kier alpha value is -2.17. The molecule has 0 aromatic heterocycles. The molecule has 26 heavy (non-hydrogen) atoms. The van der Waals surface area contributed by atoms with E-state index in [9.17, 15) is 5.11 Å². The summed E-state index contributed by atoms with van der Waals surface area (Å²) in [6.45, 7) is 2.60. The third-order valence-electron chi connectivity index (χ3n) is 5.28. The van der Waals surface area contributed by atoms with Gasteiger partial charge in [0.2, 0.25) is 0 Å². The molecular weight excluding hydrogens is 324 g/mol. The highest BCUT2D eigenvalue weighted by Gasteiger charge is 2.35. The minimum absolute atomic E-state index is 0.0632. The highest BCUT2D eigenvalue weighted by molar-refractivity contribution is 5.98. The van der Waals surface area contributed by atoms with Crippen LogP contribution in [-0.2, 0) is 11.3 Å². The van der Waals surface area contributed by atoms with Crippen LogP contribution >= 0.6 is 0 Å². The van der Waals surface area contributed by atoms with Gasteiger partial charge in [0.25, 0.3) is 0 Å². The minimum Gasteiger partial charge on any atom is -0.395 e. The van der Waals surface area contributed by atoms with Crippen LogP contribution in [0.3, 0.4) is 0 Å². The quantitative estimate of drug-likeness (QED) is 0.454. The third-order valence-corrected chi connectivity index (χ3v) is 5.28. The van der Waals surface area contributed by atoms with E-state index in [1.165, 1.54) is 11.1 Å². The summed E-state index contributed by atoms with van der Waals surface area (Å²) in [5.74, 6) is 0.431. The van der Waals surface area contributed by atoms with Crippen molar-refractivity contribution in [3.8, 4) is 0 Å². The Bertz CT molecular complexity index is 728. The third kappa shape index (κ3) is 4.71. The molecule has 4 heteroatoms. The van der Waals surface area contributed by atoms with Crippen molar-refractivity contribution in [2.45, 2.75) is 44.1 Å². The molecule has 0 spiro atoms. The van der Waals surface area contributed by atoms with Crippen LogP contribution in [0.5, 0.6) is 0 Å². The molecule has 0 bridgehead atoms. The molecule has 1 aliphatic rings. The fraction of sp³-hybridized carbons (Fsp3) is 0.409. The van der Waals surface area contributed by atoms with Gasteiger partial charge in [-0.25, -0.2) is 0 Å². The second kappa shape index (κ2) is 8.47. The highest BCUT2D eigenvalue weighted by Crippen LogP contribution is 2.39. The second-order valence-electron chi connectivity index (χ2n) is 7.33. The minimum atomic E-state index is -0.409. The first kappa shape index (κ1) is 18.6. The van der Waals surface area contributed by atoms with Gasteiger partial charge in [-0.15, -0.1) is 0 Å². The average Bonchev–Trinajstić information content (AvgIpc) is 3.09. The van der Waals surface area contributed by atoms with Crippen LogP contribution in [0, 0.1) is 0 Å². The molecule has 2 atom stereocenters. The fourth-order valence-corrected chi connectivity index (χ4v) is 3.58. The van der Waals surface area contributed by atoms with Crippen molar-refractivity contribution in [1.29, 1.82) is 0 Å². The molecule has 1 aliphatic carbocycles. The van der Waals surface area contributed by atoms with Gasteiger partial charge in [-0.1, -0.05) is 59.8 Å². The Kier molecular flexibility index (Phi) is 6.07. The molecule has 2 unspecified atom stereocenters. The lowest BCUT2D eigenvalue weighted by Crippen LogP contribution is -2.40. The lowest BCUT2D eigenvalue weighted by Gasteiger charge is -2.20. The lowest BCUT2D eigenvalue weighted by molar-refractivity contribution is 0.147. The number of rotatable bonds is 7. The number of hydrogen-bond acceptors (Lipinski definition) is 4. The summed E-state index contributed by atoms with van der Waals surface area (Å²) in [4.78, 5) is 5.47. The molecule has 1 saturated carbocycles. The van der Waals surface area contributed by atoms with Gasteiger partial charge < -0.3 is 15.7 Å². The van der Waals surface area contributed by atoms with Crippen LogP contribution in [0.15, 0.2) is 59.8 Å². The van der Waals surface area contributed by atoms with Crippen LogP contribution in [0.2, 0.25) is 0 Å². The number of aliphatic hydroxyl groups is 1. The van der Waals surface area contributed by atoms with Gasteiger partial charge in [0.15, 0.2) is 0 Å². The largest absolute Gasteiger partial charge is 0.395 e. The zero-order valence-corrected chi connectivity index (χ0v) is 15.4. The first-order valence-electron chi connectivity index (χ1n) is 9.30. The maximum absolute atomic E-state index is 9.43. The molecule has 0 heterocycles. The fourth-order valence-electron chi connectivity index (χ4n) is 3.58. The van der Waals surface area contributed by atoms with Crippen LogP contribution in [-0.4, -0.2) is 29.6 Å². The maximum atomic E-state index is 9.43. The molecule has 4 nitrogen and oxygen atoms in total. The van der Waals surface area contributed by atoms with E-state index in [0.717, 1.165) is 37.0 Å². The van der Waals surface area contributed by atoms with Gasteiger partial charge in [-0.3, -0.25) is 0 Å². The zero-order chi connectivity index (χ0) is 18.4. The van der Waals surface area contributed by atoms with Crippen molar-refractivity contribution in [2.75, 3.05) is 13.2 Å². The molecular formula is C22H28N2O2. The molecule has 138 valence electrons. The summed E-state index contributed by atoms with van der Waals surface area (Å²) in [6.07, 6.45) is 3.61. The van der Waals surface area contributed by atoms with Crippen molar-refractivity contribution >= 4 is 5.71 Å². The molecule has 0 radical (unpaired) electrons. The number of hydrogen-bond donors (Lipinski definition) is 2. The normalized spacial score (nSPS) is 23.2. The summed E-state index contributed by atoms with van der Waals surface area (Å²) >= 11 is 0. The first-order valence-corrected chi connectivity index (χ1v) is 9.30. The first-order chi connectivity index (χ1) is 12.6. The Morgan fingerprint density at radius 3 is 2.58 bits per heavy atom. The van der Waals surface area contributed by atoms with Crippen LogP contribution in [0.1, 0.15) is 48.8 Å². The predicted octanol–water partition coefficient (Wildman–Crippen LogP) is 3.63. The molecule has 0 saturated heterocycles. The number of benzene rings is 2. The Labute approximate surface area is 155 Å². The summed E-state index contributed by atoms with van der Waals surface area (Å²) in [6, 6.07) is 18.7. The van der Waals surface area contributed by atoms with E-state index >= 15 is 0 Å². The van der Waals surface area contributed by atoms with E-state index in [4.69, 9.17) is 10.6 Å². The highest BCUT2D eigenvalue weighted by atomic mass is 16.6. The zero-order valence-electron chi connectivity index (χ0n) is 15.4. The second-order valence-corrected chi connectivity index (χ2v) is 7.33. The smallest absolute Gasteiger partial charge is 0.121 e. The van der Waals surface area contributed by atoms with Gasteiger partial charge in [-0.05, 0) is 48.8 Å². The summed E-state index contributed by atoms with van der Waals surface area (Å²) in [5, 5.41) is 13.7. The molecule has 0 amide bonds. The summed E-state index contributed by atoms with van der Waals surface area (Å²) < 4.78 is 0. The van der Waals surface area contributed by atoms with E-state index in [1.807, 2.05) is 25.1 Å². The van der Waals surface area contributed by atoms with Gasteiger partial charge in [-0.2, -0.15) is 0 Å². The van der Waals surface area contributed by atoms with E-state index in [0.29, 0.717) is 12.5 Å². The van der Waals surface area contributed by atoms with Crippen LogP contribution < -0.4 is 5.73 Å². The lowest BCUT2D eigenvalue weighted by atomic mass is 9.93. The number of oxime groups is 1. The average molecular weight is 352 g/mol. The Morgan fingerprint density at radius 1 is 1.19 bits per heavy atom. The summed E-state index contributed by atoms with van der Waals surface area (Å²) in [7, 11) is 0. The maximum Gasteiger partial charge on any atom is 0.121 e. The molecule has 2 aromatic carbocycles. The van der Waals surface area contributed by atoms with Gasteiger partial charge >= 0.3 is 0 Å². The number of nitrogens with zero attached hydrogens (tertiary/aromatic N) is 1. The van der Waals surface area contributed by atoms with Gasteiger partial charge in [0, 0.05) is 12.0 Å². The number of nitrogens with two attached hydrogens (primary N) is 1. The monoisotopic (exact) mass is 352 g/mol. The SMILES string of the molecule is CC(=NOCCc1ccccc1)c1ccc(C2CCC(N)(CO)C2)cc1. The summed E-state index contributed by atoms with van der Waals surface area (Å²) in [5.41, 5.74) is 10.3. The van der Waals surface area contributed by atoms with Gasteiger partial charge in [0.05, 0.1) is 12.3 Å². The van der Waals surface area contributed by atoms with Crippen molar-refractivity contribution in [3.05, 3.63) is 71.3 Å². The molecule has 1 fully saturated rings. The Balaban J connectivity index is 1.53. The van der Waals surface area contributed by atoms with E-state index in [2.05, 4.69) is 41.6 Å². The molecule has 0 aliphatic heterocycles. The van der Waals surface area contributed by atoms with Crippen LogP contribution in [0.4, 0.5) is 0 Å². The predicted molar refractivity (Wildman–Crippen MR) is 105 cm³/mol. The van der Waals surface area contributed by atoms with Crippen molar-refractivity contribution in [3.63, 3.8) is 0 Å². The molecule has 2 aromatic rings. The van der Waals surface area contributed by atoms with Gasteiger partial charge in [0.1, 0.15) is 6.61 Å². The van der Waals surface area contributed by atoms with E-state index < -0.39 is 5.54 Å². The number of aliphatic hydroxyl groups excluding tert-OH is 1. The van der Waals surface area contributed by atoms with Crippen molar-refractivity contribution in [1.82, 2.24) is 0 Å². The van der Waals surface area contributed by atoms with E-state index in [1.54, 1.807) is 0 Å². The van der Waals surface area contributed by atoms with E-state index in [-0.39, 0.29) is 6.61 Å².